The molecule has 1 aliphatic rings. The minimum atomic E-state index is -0.303. The van der Waals surface area contributed by atoms with E-state index < -0.39 is 0 Å². The van der Waals surface area contributed by atoms with Crippen molar-refractivity contribution in [2.75, 3.05) is 0 Å². The van der Waals surface area contributed by atoms with Crippen molar-refractivity contribution in [3.63, 3.8) is 0 Å². The molecule has 0 heterocycles. The Labute approximate surface area is 103 Å². The van der Waals surface area contributed by atoms with Gasteiger partial charge in [0.2, 0.25) is 10.9 Å². The van der Waals surface area contributed by atoms with Crippen LogP contribution in [-0.2, 0) is 12.8 Å². The summed E-state index contributed by atoms with van der Waals surface area (Å²) >= 11 is 0. The summed E-state index contributed by atoms with van der Waals surface area (Å²) in [6.07, 6.45) is 1.57. The van der Waals surface area contributed by atoms with Crippen molar-refractivity contribution in [3.8, 4) is 11.1 Å². The van der Waals surface area contributed by atoms with Gasteiger partial charge in [-0.1, -0.05) is 36.4 Å². The molecule has 2 heteroatoms. The first-order chi connectivity index (χ1) is 8.77. The van der Waals surface area contributed by atoms with Crippen LogP contribution in [0.4, 0.5) is 0 Å². The third kappa shape index (κ3) is 1.03. The third-order valence-electron chi connectivity index (χ3n) is 3.92. The summed E-state index contributed by atoms with van der Waals surface area (Å²) < 4.78 is 0. The Morgan fingerprint density at radius 1 is 0.778 bits per heavy atom. The van der Waals surface area contributed by atoms with Gasteiger partial charge in [-0.25, -0.2) is 0 Å². The molecule has 18 heavy (non-hydrogen) atoms. The van der Waals surface area contributed by atoms with Gasteiger partial charge in [0.05, 0.1) is 0 Å². The molecule has 0 aliphatic heterocycles. The van der Waals surface area contributed by atoms with E-state index in [0.29, 0.717) is 12.0 Å². The van der Waals surface area contributed by atoms with Gasteiger partial charge in [-0.3, -0.25) is 9.59 Å². The monoisotopic (exact) mass is 234 g/mol. The van der Waals surface area contributed by atoms with Crippen molar-refractivity contribution >= 4 is 10.8 Å². The van der Waals surface area contributed by atoms with Crippen molar-refractivity contribution in [2.24, 2.45) is 0 Å². The van der Waals surface area contributed by atoms with Gasteiger partial charge in [0.1, 0.15) is 0 Å². The van der Waals surface area contributed by atoms with Gasteiger partial charge < -0.3 is 0 Å². The van der Waals surface area contributed by atoms with Gasteiger partial charge in [0.15, 0.2) is 0 Å². The Balaban J connectivity index is 2.20. The summed E-state index contributed by atoms with van der Waals surface area (Å²) in [7, 11) is 0. The van der Waals surface area contributed by atoms with E-state index in [-0.39, 0.29) is 10.9 Å². The topological polar surface area (TPSA) is 34.1 Å². The molecule has 4 rings (SSSR count). The van der Waals surface area contributed by atoms with Gasteiger partial charge in [-0.15, -0.1) is 0 Å². The van der Waals surface area contributed by atoms with E-state index in [4.69, 9.17) is 0 Å². The van der Waals surface area contributed by atoms with Crippen molar-refractivity contribution in [1.29, 1.82) is 0 Å². The maximum Gasteiger partial charge on any atom is 0.234 e. The molecule has 0 radical (unpaired) electrons. The maximum absolute atomic E-state index is 11.8. The van der Waals surface area contributed by atoms with Crippen LogP contribution in [0.15, 0.2) is 46.0 Å². The number of rotatable bonds is 0. The zero-order valence-electron chi connectivity index (χ0n) is 9.69. The predicted octanol–water partition coefficient (Wildman–Crippen LogP) is 2.20. The fourth-order valence-electron chi connectivity index (χ4n) is 3.02. The van der Waals surface area contributed by atoms with Crippen molar-refractivity contribution in [1.82, 2.24) is 0 Å². The molecule has 0 amide bonds. The maximum atomic E-state index is 11.8. The summed E-state index contributed by atoms with van der Waals surface area (Å²) in [5.41, 5.74) is 3.03. The molecule has 0 saturated heterocycles. The molecule has 0 spiro atoms. The highest BCUT2D eigenvalue weighted by Crippen LogP contribution is 2.36. The normalized spacial score (nSPS) is 13.6. The number of hydrogen-bond donors (Lipinski definition) is 0. The molecule has 2 nitrogen and oxygen atoms in total. The quantitative estimate of drug-likeness (QED) is 0.559. The average Bonchev–Trinajstić information content (AvgIpc) is 2.44. The summed E-state index contributed by atoms with van der Waals surface area (Å²) in [4.78, 5) is 23.3. The largest absolute Gasteiger partial charge is 0.285 e. The predicted molar refractivity (Wildman–Crippen MR) is 71.7 cm³/mol. The van der Waals surface area contributed by atoms with E-state index in [9.17, 15) is 9.59 Å². The number of fused-ring (bicyclic) bond motifs is 5. The van der Waals surface area contributed by atoms with Crippen LogP contribution in [0.1, 0.15) is 11.1 Å². The highest BCUT2D eigenvalue weighted by molar-refractivity contribution is 6.00. The second-order valence-corrected chi connectivity index (χ2v) is 4.83. The second kappa shape index (κ2) is 3.16. The number of benzene rings is 2. The molecule has 1 aliphatic carbocycles. The van der Waals surface area contributed by atoms with Crippen LogP contribution in [0.5, 0.6) is 0 Å². The van der Waals surface area contributed by atoms with Crippen LogP contribution in [0.3, 0.4) is 0 Å². The molecule has 86 valence electrons. The van der Waals surface area contributed by atoms with Crippen molar-refractivity contribution < 1.29 is 0 Å². The lowest BCUT2D eigenvalue weighted by molar-refractivity contribution is 0.914. The summed E-state index contributed by atoms with van der Waals surface area (Å²) in [6, 6.07) is 12.2. The Morgan fingerprint density at radius 3 is 2.50 bits per heavy atom. The Morgan fingerprint density at radius 2 is 1.61 bits per heavy atom. The van der Waals surface area contributed by atoms with Gasteiger partial charge in [0, 0.05) is 11.1 Å². The molecule has 3 aromatic carbocycles. The SMILES string of the molecule is O=c1c2c(c1=O)-c1c(ccc3ccccc13)CC2. The molecular weight excluding hydrogens is 224 g/mol. The number of hydrogen-bond acceptors (Lipinski definition) is 2. The van der Waals surface area contributed by atoms with Gasteiger partial charge in [0.25, 0.3) is 0 Å². The lowest BCUT2D eigenvalue weighted by Crippen LogP contribution is -2.39. The standard InChI is InChI=1S/C16H10O2/c17-15-12-8-7-10-6-5-9-3-1-2-4-11(9)13(10)14(12)16(15)18/h1-6H,7-8H2. The minimum Gasteiger partial charge on any atom is -0.285 e. The van der Waals surface area contributed by atoms with Crippen LogP contribution in [0.2, 0.25) is 0 Å². The first-order valence-corrected chi connectivity index (χ1v) is 6.10. The van der Waals surface area contributed by atoms with Crippen LogP contribution in [-0.4, -0.2) is 0 Å². The zero-order chi connectivity index (χ0) is 12.3. The first-order valence-electron chi connectivity index (χ1n) is 6.10. The molecule has 3 aromatic rings. The van der Waals surface area contributed by atoms with E-state index in [0.717, 1.165) is 28.3 Å². The summed E-state index contributed by atoms with van der Waals surface area (Å²) in [6.45, 7) is 0. The summed E-state index contributed by atoms with van der Waals surface area (Å²) in [5.74, 6) is 0. The molecule has 0 aromatic heterocycles. The summed E-state index contributed by atoms with van der Waals surface area (Å²) in [5, 5.41) is 2.21. The van der Waals surface area contributed by atoms with Crippen LogP contribution >= 0.6 is 0 Å². The van der Waals surface area contributed by atoms with E-state index in [1.54, 1.807) is 0 Å². The molecule has 0 N–H and O–H groups in total. The van der Waals surface area contributed by atoms with E-state index in [1.165, 1.54) is 5.56 Å². The molecule has 0 bridgehead atoms. The number of aryl methyl sites for hydroxylation is 1. The van der Waals surface area contributed by atoms with Gasteiger partial charge >= 0.3 is 0 Å². The molecular formula is C16H10O2. The first kappa shape index (κ1) is 9.77. The van der Waals surface area contributed by atoms with E-state index in [1.807, 2.05) is 24.3 Å². The molecule has 0 saturated carbocycles. The fraction of sp³-hybridized carbons (Fsp3) is 0.125. The van der Waals surface area contributed by atoms with Crippen molar-refractivity contribution in [2.45, 2.75) is 12.8 Å². The van der Waals surface area contributed by atoms with Crippen LogP contribution in [0, 0.1) is 0 Å². The minimum absolute atomic E-state index is 0.274. The highest BCUT2D eigenvalue weighted by Gasteiger charge is 2.28. The van der Waals surface area contributed by atoms with Crippen molar-refractivity contribution in [3.05, 3.63) is 68.0 Å². The van der Waals surface area contributed by atoms with E-state index in [2.05, 4.69) is 12.1 Å². The molecule has 0 fully saturated rings. The lowest BCUT2D eigenvalue weighted by atomic mass is 9.79. The third-order valence-corrected chi connectivity index (χ3v) is 3.92. The zero-order valence-corrected chi connectivity index (χ0v) is 9.69. The van der Waals surface area contributed by atoms with Crippen LogP contribution in [0.25, 0.3) is 21.9 Å². The molecule has 0 atom stereocenters. The van der Waals surface area contributed by atoms with Gasteiger partial charge in [-0.2, -0.15) is 0 Å². The van der Waals surface area contributed by atoms with E-state index >= 15 is 0 Å². The Hall–Kier alpha value is -2.22. The fourth-order valence-corrected chi connectivity index (χ4v) is 3.02. The van der Waals surface area contributed by atoms with Crippen LogP contribution < -0.4 is 10.9 Å². The Kier molecular flexibility index (Phi) is 1.72. The van der Waals surface area contributed by atoms with Gasteiger partial charge in [-0.05, 0) is 34.7 Å². The Bertz CT molecular complexity index is 865. The highest BCUT2D eigenvalue weighted by atomic mass is 16.2. The lowest BCUT2D eigenvalue weighted by Gasteiger charge is -2.22. The second-order valence-electron chi connectivity index (χ2n) is 4.83. The molecule has 0 unspecified atom stereocenters. The smallest absolute Gasteiger partial charge is 0.234 e. The average molecular weight is 234 g/mol.